The average Bonchev–Trinajstić information content (AvgIpc) is 3.06. The fourth-order valence-electron chi connectivity index (χ4n) is 2.26. The van der Waals surface area contributed by atoms with Gasteiger partial charge in [0.1, 0.15) is 5.76 Å². The quantitative estimate of drug-likeness (QED) is 0.718. The number of rotatable bonds is 7. The van der Waals surface area contributed by atoms with Crippen LogP contribution in [0, 0.1) is 0 Å². The number of aryl methyl sites for hydroxylation is 1. The van der Waals surface area contributed by atoms with Gasteiger partial charge in [0.05, 0.1) is 12.1 Å². The van der Waals surface area contributed by atoms with Crippen molar-refractivity contribution in [2.24, 2.45) is 0 Å². The summed E-state index contributed by atoms with van der Waals surface area (Å²) in [7, 11) is 1.53. The largest absolute Gasteiger partial charge is 0.454 e. The van der Waals surface area contributed by atoms with Gasteiger partial charge in [-0.25, -0.2) is 0 Å². The number of carbonyl (C=O) groups is 2. The van der Waals surface area contributed by atoms with E-state index in [2.05, 4.69) is 10.6 Å². The Hall–Kier alpha value is -2.60. The van der Waals surface area contributed by atoms with E-state index in [0.717, 1.165) is 12.0 Å². The first-order chi connectivity index (χ1) is 11.8. The summed E-state index contributed by atoms with van der Waals surface area (Å²) in [5.74, 6) is 0.197. The van der Waals surface area contributed by atoms with Gasteiger partial charge in [-0.05, 0) is 56.5 Å². The Kier molecular flexibility index (Phi) is 5.98. The molecule has 1 heterocycles. The van der Waals surface area contributed by atoms with E-state index < -0.39 is 5.60 Å². The molecule has 6 heteroatoms. The average molecular weight is 344 g/mol. The molecular formula is C19H24N2O4. The van der Waals surface area contributed by atoms with Crippen LogP contribution in [-0.2, 0) is 13.0 Å². The third kappa shape index (κ3) is 5.76. The van der Waals surface area contributed by atoms with E-state index in [1.165, 1.54) is 7.05 Å². The minimum atomic E-state index is -0.702. The van der Waals surface area contributed by atoms with Crippen molar-refractivity contribution in [2.45, 2.75) is 38.8 Å². The van der Waals surface area contributed by atoms with Crippen molar-refractivity contribution in [3.63, 3.8) is 0 Å². The highest BCUT2D eigenvalue weighted by Gasteiger charge is 2.13. The van der Waals surface area contributed by atoms with Crippen LogP contribution in [0.15, 0.2) is 40.8 Å². The maximum atomic E-state index is 12.2. The summed E-state index contributed by atoms with van der Waals surface area (Å²) >= 11 is 0. The zero-order valence-corrected chi connectivity index (χ0v) is 14.8. The molecule has 2 amide bonds. The normalized spacial score (nSPS) is 11.2. The lowest BCUT2D eigenvalue weighted by Gasteiger charge is -2.16. The summed E-state index contributed by atoms with van der Waals surface area (Å²) in [5.41, 5.74) is 0.914. The van der Waals surface area contributed by atoms with E-state index in [9.17, 15) is 14.7 Å². The highest BCUT2D eigenvalue weighted by Crippen LogP contribution is 2.14. The smallest absolute Gasteiger partial charge is 0.286 e. The third-order valence-electron chi connectivity index (χ3n) is 3.78. The van der Waals surface area contributed by atoms with Crippen LogP contribution in [0.3, 0.4) is 0 Å². The number of furan rings is 1. The monoisotopic (exact) mass is 344 g/mol. The Morgan fingerprint density at radius 1 is 1.08 bits per heavy atom. The standard InChI is InChI=1S/C19H24N2O4/c1-19(2,24)11-10-13-4-6-14(7-5-13)17(22)21-12-15-8-9-16(25-15)18(23)20-3/h4-9,24H,10-12H2,1-3H3,(H,20,23)(H,21,22). The van der Waals surface area contributed by atoms with E-state index in [1.807, 2.05) is 12.1 Å². The second kappa shape index (κ2) is 7.98. The van der Waals surface area contributed by atoms with E-state index in [-0.39, 0.29) is 24.1 Å². The van der Waals surface area contributed by atoms with Crippen molar-refractivity contribution in [3.8, 4) is 0 Å². The predicted molar refractivity (Wildman–Crippen MR) is 94.3 cm³/mol. The zero-order valence-electron chi connectivity index (χ0n) is 14.8. The van der Waals surface area contributed by atoms with Crippen molar-refractivity contribution < 1.29 is 19.1 Å². The molecular weight excluding hydrogens is 320 g/mol. The number of hydrogen-bond acceptors (Lipinski definition) is 4. The summed E-state index contributed by atoms with van der Waals surface area (Å²) in [6.07, 6.45) is 1.41. The highest BCUT2D eigenvalue weighted by molar-refractivity contribution is 5.94. The molecule has 0 saturated heterocycles. The van der Waals surface area contributed by atoms with E-state index in [4.69, 9.17) is 4.42 Å². The van der Waals surface area contributed by atoms with Gasteiger partial charge in [0.2, 0.25) is 0 Å². The molecule has 1 aromatic heterocycles. The van der Waals surface area contributed by atoms with E-state index in [1.54, 1.807) is 38.1 Å². The van der Waals surface area contributed by atoms with Gasteiger partial charge in [0.15, 0.2) is 5.76 Å². The number of hydrogen-bond donors (Lipinski definition) is 3. The van der Waals surface area contributed by atoms with Crippen molar-refractivity contribution >= 4 is 11.8 Å². The molecule has 0 aliphatic rings. The highest BCUT2D eigenvalue weighted by atomic mass is 16.4. The van der Waals surface area contributed by atoms with Crippen molar-refractivity contribution in [2.75, 3.05) is 7.05 Å². The molecule has 3 N–H and O–H groups in total. The molecule has 2 rings (SSSR count). The summed E-state index contributed by atoms with van der Waals surface area (Å²) < 4.78 is 5.36. The molecule has 0 aliphatic carbocycles. The second-order valence-electron chi connectivity index (χ2n) is 6.54. The number of nitrogens with one attached hydrogen (secondary N) is 2. The fraction of sp³-hybridized carbons (Fsp3) is 0.368. The first-order valence-electron chi connectivity index (χ1n) is 8.19. The van der Waals surface area contributed by atoms with Crippen molar-refractivity contribution in [1.29, 1.82) is 0 Å². The number of aliphatic hydroxyl groups is 1. The number of carbonyl (C=O) groups excluding carboxylic acids is 2. The van der Waals surface area contributed by atoms with Gasteiger partial charge >= 0.3 is 0 Å². The van der Waals surface area contributed by atoms with Crippen LogP contribution in [0.1, 0.15) is 52.5 Å². The van der Waals surface area contributed by atoms with Crippen LogP contribution in [0.5, 0.6) is 0 Å². The molecule has 6 nitrogen and oxygen atoms in total. The minimum Gasteiger partial charge on any atom is -0.454 e. The topological polar surface area (TPSA) is 91.6 Å². The van der Waals surface area contributed by atoms with Crippen LogP contribution < -0.4 is 10.6 Å². The van der Waals surface area contributed by atoms with Gasteiger partial charge in [0.25, 0.3) is 11.8 Å². The van der Waals surface area contributed by atoms with Gasteiger partial charge in [-0.3, -0.25) is 9.59 Å². The maximum Gasteiger partial charge on any atom is 0.286 e. The fourth-order valence-corrected chi connectivity index (χ4v) is 2.26. The lowest BCUT2D eigenvalue weighted by molar-refractivity contribution is 0.0713. The van der Waals surface area contributed by atoms with E-state index in [0.29, 0.717) is 17.7 Å². The van der Waals surface area contributed by atoms with Crippen molar-refractivity contribution in [3.05, 3.63) is 59.0 Å². The van der Waals surface area contributed by atoms with Crippen LogP contribution in [0.2, 0.25) is 0 Å². The van der Waals surface area contributed by atoms with Crippen LogP contribution in [0.4, 0.5) is 0 Å². The molecule has 0 spiro atoms. The van der Waals surface area contributed by atoms with Gasteiger partial charge in [-0.15, -0.1) is 0 Å². The molecule has 1 aromatic carbocycles. The molecule has 25 heavy (non-hydrogen) atoms. The molecule has 0 atom stereocenters. The SMILES string of the molecule is CNC(=O)c1ccc(CNC(=O)c2ccc(CCC(C)(C)O)cc2)o1. The summed E-state index contributed by atoms with van der Waals surface area (Å²) in [6.45, 7) is 3.76. The van der Waals surface area contributed by atoms with Crippen LogP contribution >= 0.6 is 0 Å². The molecule has 0 aliphatic heterocycles. The summed E-state index contributed by atoms with van der Waals surface area (Å²) in [6, 6.07) is 10.5. The third-order valence-corrected chi connectivity index (χ3v) is 3.78. The zero-order chi connectivity index (χ0) is 18.4. The molecule has 0 radical (unpaired) electrons. The van der Waals surface area contributed by atoms with Crippen LogP contribution in [-0.4, -0.2) is 29.6 Å². The lowest BCUT2D eigenvalue weighted by Crippen LogP contribution is -2.22. The van der Waals surface area contributed by atoms with Gasteiger partial charge in [-0.1, -0.05) is 12.1 Å². The molecule has 0 bridgehead atoms. The predicted octanol–water partition coefficient (Wildman–Crippen LogP) is 2.27. The second-order valence-corrected chi connectivity index (χ2v) is 6.54. The van der Waals surface area contributed by atoms with Crippen LogP contribution in [0.25, 0.3) is 0 Å². The first kappa shape index (κ1) is 18.7. The number of amides is 2. The molecule has 0 unspecified atom stereocenters. The number of benzene rings is 1. The Bertz CT molecular complexity index is 727. The maximum absolute atomic E-state index is 12.2. The first-order valence-corrected chi connectivity index (χ1v) is 8.19. The Balaban J connectivity index is 1.88. The molecule has 0 saturated carbocycles. The molecule has 0 fully saturated rings. The van der Waals surface area contributed by atoms with Gasteiger partial charge in [0, 0.05) is 12.6 Å². The van der Waals surface area contributed by atoms with Crippen molar-refractivity contribution in [1.82, 2.24) is 10.6 Å². The Labute approximate surface area is 147 Å². The van der Waals surface area contributed by atoms with E-state index >= 15 is 0 Å². The Morgan fingerprint density at radius 3 is 2.36 bits per heavy atom. The van der Waals surface area contributed by atoms with Gasteiger partial charge in [-0.2, -0.15) is 0 Å². The lowest BCUT2D eigenvalue weighted by atomic mass is 9.98. The minimum absolute atomic E-state index is 0.205. The van der Waals surface area contributed by atoms with Gasteiger partial charge < -0.3 is 20.2 Å². The molecule has 2 aromatic rings. The summed E-state index contributed by atoms with van der Waals surface area (Å²) in [5, 5.41) is 15.0. The molecule has 134 valence electrons. The summed E-state index contributed by atoms with van der Waals surface area (Å²) in [4.78, 5) is 23.6. The Morgan fingerprint density at radius 2 is 1.76 bits per heavy atom.